The summed E-state index contributed by atoms with van der Waals surface area (Å²) in [6, 6.07) is 12.3. The number of benzene rings is 2. The molecule has 0 spiro atoms. The zero-order chi connectivity index (χ0) is 22.7. The smallest absolute Gasteiger partial charge is 0.260 e. The van der Waals surface area contributed by atoms with Crippen molar-refractivity contribution in [1.29, 1.82) is 0 Å². The predicted octanol–water partition coefficient (Wildman–Crippen LogP) is 4.80. The maximum atomic E-state index is 12.6. The number of carbonyl (C=O) groups is 1. The lowest BCUT2D eigenvalue weighted by atomic mass is 9.98. The minimum Gasteiger partial charge on any atom is -0.504 e. The average Bonchev–Trinajstić information content (AvgIpc) is 3.40. The first kappa shape index (κ1) is 21.7. The highest BCUT2D eigenvalue weighted by Crippen LogP contribution is 2.42. The van der Waals surface area contributed by atoms with Crippen molar-refractivity contribution in [1.82, 2.24) is 5.16 Å². The summed E-state index contributed by atoms with van der Waals surface area (Å²) in [6.07, 6.45) is 0.797. The number of anilines is 1. The number of hydrogen-bond acceptors (Lipinski definition) is 7. The molecular weight excluding hydrogens is 436 g/mol. The average molecular weight is 457 g/mol. The summed E-state index contributed by atoms with van der Waals surface area (Å²) in [5.74, 6) is 0.126. The van der Waals surface area contributed by atoms with Crippen molar-refractivity contribution in [3.63, 3.8) is 0 Å². The summed E-state index contributed by atoms with van der Waals surface area (Å²) in [6.45, 7) is 1.19. The van der Waals surface area contributed by atoms with E-state index < -0.39 is 5.91 Å². The van der Waals surface area contributed by atoms with Gasteiger partial charge in [0.2, 0.25) is 5.76 Å². The van der Waals surface area contributed by atoms with Crippen LogP contribution in [-0.2, 0) is 9.53 Å². The lowest BCUT2D eigenvalue weighted by molar-refractivity contribution is -0.110. The fraction of sp³-hybridized carbons (Fsp3) is 0.217. The normalized spacial score (nSPS) is 14.2. The van der Waals surface area contributed by atoms with Gasteiger partial charge in [0.05, 0.1) is 36.1 Å². The molecule has 0 fully saturated rings. The molecule has 8 nitrogen and oxygen atoms in total. The van der Waals surface area contributed by atoms with E-state index in [0.717, 1.165) is 17.7 Å². The molecule has 1 aliphatic heterocycles. The van der Waals surface area contributed by atoms with Crippen LogP contribution in [0.1, 0.15) is 17.7 Å². The number of aromatic nitrogens is 1. The molecule has 2 N–H and O–H groups in total. The van der Waals surface area contributed by atoms with Crippen molar-refractivity contribution in [2.24, 2.45) is 0 Å². The highest BCUT2D eigenvalue weighted by atomic mass is 35.5. The van der Waals surface area contributed by atoms with E-state index in [9.17, 15) is 9.90 Å². The first-order valence-electron chi connectivity index (χ1n) is 9.83. The quantitative estimate of drug-likeness (QED) is 0.285. The van der Waals surface area contributed by atoms with Gasteiger partial charge >= 0.3 is 0 Å². The number of fused-ring (bicyclic) bond motifs is 1. The molecule has 4 rings (SSSR count). The van der Waals surface area contributed by atoms with Gasteiger partial charge < -0.3 is 29.2 Å². The molecule has 0 aliphatic carbocycles. The van der Waals surface area contributed by atoms with Crippen LogP contribution in [0.5, 0.6) is 11.6 Å². The van der Waals surface area contributed by atoms with E-state index in [2.05, 4.69) is 10.5 Å². The van der Waals surface area contributed by atoms with E-state index in [-0.39, 0.29) is 23.0 Å². The zero-order valence-electron chi connectivity index (χ0n) is 17.5. The largest absolute Gasteiger partial charge is 0.504 e. The Labute approximate surface area is 189 Å². The Balaban J connectivity index is 1.66. The second kappa shape index (κ2) is 9.33. The molecule has 2 aromatic carbocycles. The fourth-order valence-electron chi connectivity index (χ4n) is 3.36. The Hall–Kier alpha value is -3.49. The number of halogens is 1. The van der Waals surface area contributed by atoms with Crippen LogP contribution in [0.2, 0.25) is 5.02 Å². The van der Waals surface area contributed by atoms with Crippen molar-refractivity contribution in [2.75, 3.05) is 32.8 Å². The van der Waals surface area contributed by atoms with Gasteiger partial charge in [0.15, 0.2) is 5.76 Å². The molecule has 0 unspecified atom stereocenters. The van der Waals surface area contributed by atoms with Crippen LogP contribution in [-0.4, -0.2) is 43.6 Å². The molecule has 166 valence electrons. The summed E-state index contributed by atoms with van der Waals surface area (Å²) >= 11 is 6.49. The lowest BCUT2D eigenvalue weighted by Crippen LogP contribution is -2.05. The molecule has 1 aliphatic rings. The van der Waals surface area contributed by atoms with Crippen LogP contribution in [0, 0.1) is 0 Å². The summed E-state index contributed by atoms with van der Waals surface area (Å²) in [7, 11) is 3.08. The SMILES string of the molecule is COCCCOc1ccc(-c2cc3c(cc2Cl)NC(=O)/C3=C(/O)c2cc(OC)no2)cc1. The van der Waals surface area contributed by atoms with Gasteiger partial charge in [-0.3, -0.25) is 4.79 Å². The van der Waals surface area contributed by atoms with Crippen molar-refractivity contribution in [2.45, 2.75) is 6.42 Å². The van der Waals surface area contributed by atoms with Crippen LogP contribution in [0.4, 0.5) is 5.69 Å². The van der Waals surface area contributed by atoms with E-state index in [0.29, 0.717) is 35.1 Å². The van der Waals surface area contributed by atoms with Crippen LogP contribution in [0.15, 0.2) is 47.0 Å². The number of methoxy groups -OCH3 is 2. The molecule has 0 saturated heterocycles. The number of rotatable bonds is 8. The van der Waals surface area contributed by atoms with Gasteiger partial charge in [-0.1, -0.05) is 23.7 Å². The van der Waals surface area contributed by atoms with E-state index in [4.69, 9.17) is 30.3 Å². The molecule has 32 heavy (non-hydrogen) atoms. The first-order valence-corrected chi connectivity index (χ1v) is 10.2. The number of ether oxygens (including phenoxy) is 3. The fourth-order valence-corrected chi connectivity index (χ4v) is 3.63. The Morgan fingerprint density at radius 2 is 1.91 bits per heavy atom. The van der Waals surface area contributed by atoms with Crippen molar-refractivity contribution < 1.29 is 28.6 Å². The van der Waals surface area contributed by atoms with Crippen LogP contribution >= 0.6 is 11.6 Å². The van der Waals surface area contributed by atoms with Crippen LogP contribution in [0.25, 0.3) is 22.5 Å². The molecule has 3 aromatic rings. The van der Waals surface area contributed by atoms with E-state index in [1.807, 2.05) is 24.3 Å². The van der Waals surface area contributed by atoms with Crippen molar-refractivity contribution in [3.8, 4) is 22.8 Å². The third kappa shape index (κ3) is 4.28. The van der Waals surface area contributed by atoms with E-state index in [1.54, 1.807) is 19.2 Å². The molecule has 2 heterocycles. The second-order valence-corrected chi connectivity index (χ2v) is 7.42. The summed E-state index contributed by atoms with van der Waals surface area (Å²) in [5.41, 5.74) is 2.60. The second-order valence-electron chi connectivity index (χ2n) is 7.01. The maximum absolute atomic E-state index is 12.6. The molecule has 0 atom stereocenters. The number of aliphatic hydroxyl groups excluding tert-OH is 1. The van der Waals surface area contributed by atoms with Gasteiger partial charge in [-0.25, -0.2) is 0 Å². The van der Waals surface area contributed by atoms with Crippen LogP contribution < -0.4 is 14.8 Å². The third-order valence-electron chi connectivity index (χ3n) is 4.95. The Kier molecular flexibility index (Phi) is 6.34. The van der Waals surface area contributed by atoms with Crippen LogP contribution in [0.3, 0.4) is 0 Å². The Morgan fingerprint density at radius 3 is 2.59 bits per heavy atom. The summed E-state index contributed by atoms with van der Waals surface area (Å²) in [4.78, 5) is 12.6. The summed E-state index contributed by atoms with van der Waals surface area (Å²) in [5, 5.41) is 17.5. The molecule has 0 radical (unpaired) electrons. The predicted molar refractivity (Wildman–Crippen MR) is 120 cm³/mol. The van der Waals surface area contributed by atoms with Gasteiger partial charge in [-0.05, 0) is 35.0 Å². The molecular formula is C23H21ClN2O6. The minimum absolute atomic E-state index is 0.0197. The highest BCUT2D eigenvalue weighted by Gasteiger charge is 2.31. The van der Waals surface area contributed by atoms with E-state index >= 15 is 0 Å². The molecule has 0 saturated carbocycles. The highest BCUT2D eigenvalue weighted by molar-refractivity contribution is 6.38. The van der Waals surface area contributed by atoms with Crippen molar-refractivity contribution in [3.05, 3.63) is 58.8 Å². The molecule has 1 aromatic heterocycles. The number of hydrogen-bond donors (Lipinski definition) is 2. The van der Waals surface area contributed by atoms with Gasteiger partial charge in [0.1, 0.15) is 5.75 Å². The monoisotopic (exact) mass is 456 g/mol. The maximum Gasteiger partial charge on any atom is 0.260 e. The number of amides is 1. The summed E-state index contributed by atoms with van der Waals surface area (Å²) < 4.78 is 20.8. The number of nitrogens with zero attached hydrogens (tertiary/aromatic N) is 1. The third-order valence-corrected chi connectivity index (χ3v) is 5.26. The zero-order valence-corrected chi connectivity index (χ0v) is 18.2. The number of nitrogens with one attached hydrogen (secondary N) is 1. The molecule has 9 heteroatoms. The first-order chi connectivity index (χ1) is 15.5. The molecule has 1 amide bonds. The van der Waals surface area contributed by atoms with Crippen molar-refractivity contribution >= 4 is 34.5 Å². The van der Waals surface area contributed by atoms with E-state index in [1.165, 1.54) is 13.2 Å². The number of carbonyl (C=O) groups excluding carboxylic acids is 1. The van der Waals surface area contributed by atoms with Gasteiger partial charge in [-0.2, -0.15) is 0 Å². The Morgan fingerprint density at radius 1 is 1.12 bits per heavy atom. The van der Waals surface area contributed by atoms with Gasteiger partial charge in [-0.15, -0.1) is 0 Å². The van der Waals surface area contributed by atoms with Gasteiger partial charge in [0.25, 0.3) is 11.8 Å². The minimum atomic E-state index is -0.471. The topological polar surface area (TPSA) is 103 Å². The van der Waals surface area contributed by atoms with Gasteiger partial charge in [0, 0.05) is 31.3 Å². The Bertz CT molecular complexity index is 1170. The standard InChI is InChI=1S/C23H21ClN2O6/c1-29-8-3-9-31-14-6-4-13(5-7-14)15-10-16-18(11-17(15)24)25-23(28)21(16)22(27)19-12-20(30-2)26-32-19/h4-7,10-12,27H,3,8-9H2,1-2H3,(H,25,28)/b22-21+. The number of aliphatic hydroxyl groups is 1. The lowest BCUT2D eigenvalue weighted by Gasteiger charge is -2.10. The molecule has 0 bridgehead atoms.